The number of carboxylic acid groups (broad SMARTS) is 1. The molecular weight excluding hydrogens is 366 g/mol. The van der Waals surface area contributed by atoms with Gasteiger partial charge in [0.2, 0.25) is 0 Å². The first-order chi connectivity index (χ1) is 14.0. The number of carboxylic acids is 1. The Bertz CT molecular complexity index is 913. The van der Waals surface area contributed by atoms with E-state index < -0.39 is 5.97 Å². The maximum Gasteiger partial charge on any atom is 0.303 e. The molecule has 6 nitrogen and oxygen atoms in total. The first-order valence-electron chi connectivity index (χ1n) is 11.0. The van der Waals surface area contributed by atoms with Gasteiger partial charge in [-0.15, -0.1) is 0 Å². The van der Waals surface area contributed by atoms with Crippen LogP contribution < -0.4 is 5.32 Å². The van der Waals surface area contributed by atoms with Crippen molar-refractivity contribution in [2.75, 3.05) is 6.54 Å². The van der Waals surface area contributed by atoms with Gasteiger partial charge < -0.3 is 10.4 Å². The van der Waals surface area contributed by atoms with E-state index in [1.54, 1.807) is 0 Å². The summed E-state index contributed by atoms with van der Waals surface area (Å²) in [6.45, 7) is 0.784. The molecule has 4 aliphatic rings. The molecule has 0 radical (unpaired) electrons. The van der Waals surface area contributed by atoms with Crippen LogP contribution in [0, 0.1) is 23.2 Å². The Morgan fingerprint density at radius 1 is 1.14 bits per heavy atom. The molecule has 2 aromatic heterocycles. The lowest BCUT2D eigenvalue weighted by atomic mass is 9.49. The molecule has 2 aromatic rings. The Kier molecular flexibility index (Phi) is 4.60. The maximum absolute atomic E-state index is 13.0. The average molecular weight is 396 g/mol. The van der Waals surface area contributed by atoms with Crippen molar-refractivity contribution in [1.82, 2.24) is 14.7 Å². The molecule has 2 N–H and O–H groups in total. The van der Waals surface area contributed by atoms with Crippen LogP contribution in [0.4, 0.5) is 0 Å². The normalized spacial score (nSPS) is 30.0. The van der Waals surface area contributed by atoms with Gasteiger partial charge in [0, 0.05) is 19.2 Å². The van der Waals surface area contributed by atoms with E-state index >= 15 is 0 Å². The molecule has 1 amide bonds. The summed E-state index contributed by atoms with van der Waals surface area (Å²) in [6.07, 6.45) is 11.2. The number of aromatic nitrogens is 2. The first-order valence-corrected chi connectivity index (χ1v) is 11.0. The molecule has 154 valence electrons. The first kappa shape index (κ1) is 18.6. The van der Waals surface area contributed by atoms with Gasteiger partial charge in [0.05, 0.1) is 5.69 Å². The highest BCUT2D eigenvalue weighted by atomic mass is 16.4. The summed E-state index contributed by atoms with van der Waals surface area (Å²) in [4.78, 5) is 28.3. The maximum atomic E-state index is 13.0. The van der Waals surface area contributed by atoms with E-state index in [2.05, 4.69) is 10.3 Å². The Morgan fingerprint density at radius 2 is 1.83 bits per heavy atom. The zero-order valence-corrected chi connectivity index (χ0v) is 16.8. The number of nitrogens with one attached hydrogen (secondary N) is 1. The number of pyridine rings is 1. The van der Waals surface area contributed by atoms with Crippen molar-refractivity contribution in [3.05, 3.63) is 35.8 Å². The van der Waals surface area contributed by atoms with Crippen LogP contribution in [0.15, 0.2) is 24.4 Å². The van der Waals surface area contributed by atoms with Crippen molar-refractivity contribution >= 4 is 17.5 Å². The number of rotatable bonds is 7. The van der Waals surface area contributed by atoms with Crippen molar-refractivity contribution in [2.45, 2.75) is 57.8 Å². The fraction of sp³-hybridized carbons (Fsp3) is 0.609. The third-order valence-electron chi connectivity index (χ3n) is 7.39. The molecule has 0 spiro atoms. The summed E-state index contributed by atoms with van der Waals surface area (Å²) in [5.74, 6) is 1.80. The van der Waals surface area contributed by atoms with Crippen LogP contribution in [-0.4, -0.2) is 32.9 Å². The fourth-order valence-electron chi connectivity index (χ4n) is 6.65. The van der Waals surface area contributed by atoms with E-state index in [-0.39, 0.29) is 12.3 Å². The smallest absolute Gasteiger partial charge is 0.303 e. The molecule has 2 heterocycles. The second-order valence-corrected chi connectivity index (χ2v) is 9.72. The molecule has 29 heavy (non-hydrogen) atoms. The van der Waals surface area contributed by atoms with E-state index in [9.17, 15) is 9.59 Å². The summed E-state index contributed by atoms with van der Waals surface area (Å²) in [6, 6.07) is 5.59. The zero-order valence-electron chi connectivity index (χ0n) is 16.8. The molecule has 4 bridgehead atoms. The summed E-state index contributed by atoms with van der Waals surface area (Å²) in [7, 11) is 0. The molecule has 0 saturated heterocycles. The largest absolute Gasteiger partial charge is 0.481 e. The van der Waals surface area contributed by atoms with E-state index in [1.165, 1.54) is 38.5 Å². The van der Waals surface area contributed by atoms with Gasteiger partial charge in [-0.2, -0.15) is 0 Å². The molecule has 6 rings (SSSR count). The van der Waals surface area contributed by atoms with Gasteiger partial charge in [-0.25, -0.2) is 4.98 Å². The number of amides is 1. The van der Waals surface area contributed by atoms with Gasteiger partial charge in [0.15, 0.2) is 0 Å². The second kappa shape index (κ2) is 7.15. The summed E-state index contributed by atoms with van der Waals surface area (Å²) in [5, 5.41) is 12.1. The number of aryl methyl sites for hydroxylation is 1. The fourth-order valence-corrected chi connectivity index (χ4v) is 6.65. The van der Waals surface area contributed by atoms with Gasteiger partial charge in [0.1, 0.15) is 11.3 Å². The lowest BCUT2D eigenvalue weighted by Gasteiger charge is -2.56. The van der Waals surface area contributed by atoms with Crippen LogP contribution in [0.3, 0.4) is 0 Å². The van der Waals surface area contributed by atoms with E-state index in [4.69, 9.17) is 5.11 Å². The van der Waals surface area contributed by atoms with Crippen molar-refractivity contribution in [2.24, 2.45) is 23.2 Å². The van der Waals surface area contributed by atoms with Crippen LogP contribution in [0.25, 0.3) is 5.65 Å². The lowest BCUT2D eigenvalue weighted by molar-refractivity contribution is -0.137. The number of imidazole rings is 1. The minimum absolute atomic E-state index is 0.0409. The monoisotopic (exact) mass is 395 g/mol. The molecule has 0 unspecified atom stereocenters. The Balaban J connectivity index is 1.28. The van der Waals surface area contributed by atoms with Crippen LogP contribution in [0.1, 0.15) is 67.5 Å². The Morgan fingerprint density at radius 3 is 2.48 bits per heavy atom. The van der Waals surface area contributed by atoms with Crippen molar-refractivity contribution in [3.63, 3.8) is 0 Å². The van der Waals surface area contributed by atoms with Gasteiger partial charge in [-0.05, 0) is 86.7 Å². The number of hydrogen-bond acceptors (Lipinski definition) is 3. The number of carbonyl (C=O) groups excluding carboxylic acids is 1. The summed E-state index contributed by atoms with van der Waals surface area (Å²) >= 11 is 0. The molecule has 0 atom stereocenters. The number of hydrogen-bond donors (Lipinski definition) is 2. The van der Waals surface area contributed by atoms with Crippen molar-refractivity contribution < 1.29 is 14.7 Å². The minimum Gasteiger partial charge on any atom is -0.481 e. The average Bonchev–Trinajstić information content (AvgIpc) is 3.07. The molecule has 0 aromatic carbocycles. The summed E-state index contributed by atoms with van der Waals surface area (Å²) in [5.41, 5.74) is 2.48. The van der Waals surface area contributed by atoms with Gasteiger partial charge in [0.25, 0.3) is 5.91 Å². The quantitative estimate of drug-likeness (QED) is 0.749. The van der Waals surface area contributed by atoms with E-state index in [0.29, 0.717) is 24.0 Å². The molecule has 0 aliphatic heterocycles. The predicted octanol–water partition coefficient (Wildman–Crippen LogP) is 3.69. The summed E-state index contributed by atoms with van der Waals surface area (Å²) < 4.78 is 1.84. The lowest BCUT2D eigenvalue weighted by Crippen LogP contribution is -2.51. The van der Waals surface area contributed by atoms with Crippen molar-refractivity contribution in [3.8, 4) is 0 Å². The van der Waals surface area contributed by atoms with E-state index in [1.807, 2.05) is 28.8 Å². The highest BCUT2D eigenvalue weighted by Gasteiger charge is 2.50. The highest BCUT2D eigenvalue weighted by Crippen LogP contribution is 2.59. The molecule has 6 heteroatoms. The van der Waals surface area contributed by atoms with Crippen LogP contribution in [0.2, 0.25) is 0 Å². The molecular formula is C23H29N3O3. The number of fused-ring (bicyclic) bond motifs is 1. The molecule has 4 saturated carbocycles. The van der Waals surface area contributed by atoms with Crippen LogP contribution in [0.5, 0.6) is 0 Å². The third kappa shape index (κ3) is 3.65. The van der Waals surface area contributed by atoms with Gasteiger partial charge in [-0.1, -0.05) is 6.07 Å². The molecule has 4 aliphatic carbocycles. The van der Waals surface area contributed by atoms with Crippen LogP contribution in [-0.2, 0) is 11.2 Å². The minimum atomic E-state index is -0.793. The third-order valence-corrected chi connectivity index (χ3v) is 7.39. The Hall–Kier alpha value is -2.37. The van der Waals surface area contributed by atoms with Crippen molar-refractivity contribution in [1.29, 1.82) is 0 Å². The predicted molar refractivity (Wildman–Crippen MR) is 109 cm³/mol. The highest BCUT2D eigenvalue weighted by molar-refractivity contribution is 5.93. The standard InChI is InChI=1S/C23H29N3O3/c27-21(28)6-1-3-18-13-26-19(4-2-5-20(26)25-18)22(29)24-14-23-10-15-7-16(11-23)9-17(8-15)12-23/h2,4-5,13,15-17H,1,3,6-12,14H2,(H,24,29)(H,27,28). The zero-order chi connectivity index (χ0) is 20.0. The number of aliphatic carboxylic acids is 1. The Labute approximate surface area is 170 Å². The SMILES string of the molecule is O=C(O)CCCc1cn2c(C(=O)NCC34CC5CC(CC(C5)C3)C4)cccc2n1. The molecule has 4 fully saturated rings. The second-order valence-electron chi connectivity index (χ2n) is 9.72. The van der Waals surface area contributed by atoms with Crippen LogP contribution >= 0.6 is 0 Å². The van der Waals surface area contributed by atoms with E-state index in [0.717, 1.165) is 35.6 Å². The number of nitrogens with zero attached hydrogens (tertiary/aromatic N) is 2. The van der Waals surface area contributed by atoms with Gasteiger partial charge in [-0.3, -0.25) is 14.0 Å². The topological polar surface area (TPSA) is 83.7 Å². The van der Waals surface area contributed by atoms with Gasteiger partial charge >= 0.3 is 5.97 Å². The number of carbonyl (C=O) groups is 2.